The van der Waals surface area contributed by atoms with Crippen LogP contribution in [0.1, 0.15) is 46.8 Å². The third-order valence-electron chi connectivity index (χ3n) is 4.53. The van der Waals surface area contributed by atoms with Crippen molar-refractivity contribution < 1.29 is 18.4 Å². The van der Waals surface area contributed by atoms with Gasteiger partial charge in [-0.1, -0.05) is 59.3 Å². The molecule has 3 aromatic rings. The van der Waals surface area contributed by atoms with Gasteiger partial charge in [0.1, 0.15) is 11.4 Å². The first kappa shape index (κ1) is 26.2. The second-order valence-electron chi connectivity index (χ2n) is 6.68. The second-order valence-corrected chi connectivity index (χ2v) is 10.2. The minimum Gasteiger partial charge on any atom is -0.319 e. The SMILES string of the molecule is CCS(CC)=NC(=O)c1cc(Cl)cc(Cl)c1NC(=O)c1cc(C(F)F)nn1-c1ncccc1Cl. The van der Waals surface area contributed by atoms with Gasteiger partial charge in [-0.15, -0.1) is 0 Å². The van der Waals surface area contributed by atoms with Gasteiger partial charge < -0.3 is 5.32 Å². The molecule has 2 heterocycles. The zero-order valence-corrected chi connectivity index (χ0v) is 20.9. The quantitative estimate of drug-likeness (QED) is 0.370. The van der Waals surface area contributed by atoms with Crippen molar-refractivity contribution in [2.75, 3.05) is 16.8 Å². The molecule has 0 fully saturated rings. The van der Waals surface area contributed by atoms with E-state index < -0.39 is 34.6 Å². The first-order valence-corrected chi connectivity index (χ1v) is 12.5. The molecule has 180 valence electrons. The highest BCUT2D eigenvalue weighted by Crippen LogP contribution is 2.32. The fourth-order valence-corrected chi connectivity index (χ4v) is 4.65. The van der Waals surface area contributed by atoms with E-state index in [1.807, 2.05) is 13.8 Å². The zero-order chi connectivity index (χ0) is 25.0. The molecule has 0 atom stereocenters. The van der Waals surface area contributed by atoms with Crippen LogP contribution in [0.4, 0.5) is 14.5 Å². The summed E-state index contributed by atoms with van der Waals surface area (Å²) in [7, 11) is -0.516. The zero-order valence-electron chi connectivity index (χ0n) is 17.9. The van der Waals surface area contributed by atoms with Gasteiger partial charge in [0, 0.05) is 22.7 Å². The maximum atomic E-state index is 13.4. The van der Waals surface area contributed by atoms with Gasteiger partial charge in [0.2, 0.25) is 0 Å². The molecule has 0 aliphatic heterocycles. The van der Waals surface area contributed by atoms with Crippen molar-refractivity contribution in [1.29, 1.82) is 0 Å². The van der Waals surface area contributed by atoms with E-state index in [0.717, 1.165) is 10.7 Å². The van der Waals surface area contributed by atoms with E-state index in [9.17, 15) is 18.4 Å². The Morgan fingerprint density at radius 1 is 1.15 bits per heavy atom. The number of alkyl halides is 2. The molecule has 7 nitrogen and oxygen atoms in total. The van der Waals surface area contributed by atoms with E-state index in [1.165, 1.54) is 24.4 Å². The molecule has 2 amide bonds. The van der Waals surface area contributed by atoms with Gasteiger partial charge in [-0.25, -0.2) is 18.4 Å². The van der Waals surface area contributed by atoms with Gasteiger partial charge in [-0.3, -0.25) is 9.59 Å². The third kappa shape index (κ3) is 5.80. The predicted octanol–water partition coefficient (Wildman–Crippen LogP) is 6.40. The van der Waals surface area contributed by atoms with Crippen molar-refractivity contribution in [3.8, 4) is 5.82 Å². The maximum Gasteiger partial charge on any atom is 0.285 e. The highest BCUT2D eigenvalue weighted by molar-refractivity contribution is 7.87. The van der Waals surface area contributed by atoms with Gasteiger partial charge in [-0.05, 0) is 30.3 Å². The number of nitrogens with one attached hydrogen (secondary N) is 1. The van der Waals surface area contributed by atoms with Gasteiger partial charge in [0.15, 0.2) is 5.82 Å². The lowest BCUT2D eigenvalue weighted by atomic mass is 10.1. The standard InChI is InChI=1S/C21H18Cl3F2N5O2S/c1-3-34(4-2)30-20(32)12-8-11(22)9-14(24)17(12)28-21(33)16-10-15(18(25)26)29-31(16)19-13(23)6-5-7-27-19/h5-10,18H,3-4H2,1-2H3,(H,28,33). The van der Waals surface area contributed by atoms with Crippen LogP contribution in [0.25, 0.3) is 5.82 Å². The van der Waals surface area contributed by atoms with Gasteiger partial charge in [-0.2, -0.15) is 9.46 Å². The molecule has 0 aliphatic rings. The number of hydrogen-bond donors (Lipinski definition) is 1. The summed E-state index contributed by atoms with van der Waals surface area (Å²) in [5.41, 5.74) is -1.03. The van der Waals surface area contributed by atoms with Gasteiger partial charge >= 0.3 is 0 Å². The first-order chi connectivity index (χ1) is 16.2. The van der Waals surface area contributed by atoms with E-state index >= 15 is 0 Å². The number of hydrogen-bond acceptors (Lipinski definition) is 4. The summed E-state index contributed by atoms with van der Waals surface area (Å²) in [6, 6.07) is 6.60. The Labute approximate surface area is 211 Å². The number of pyridine rings is 1. The summed E-state index contributed by atoms with van der Waals surface area (Å²) in [5, 5.41) is 6.52. The second kappa shape index (κ2) is 11.4. The highest BCUT2D eigenvalue weighted by atomic mass is 35.5. The normalized spacial score (nSPS) is 11.2. The fourth-order valence-electron chi connectivity index (χ4n) is 2.91. The molecule has 1 N–H and O–H groups in total. The number of halogens is 5. The average Bonchev–Trinajstić information content (AvgIpc) is 3.25. The van der Waals surface area contributed by atoms with Crippen molar-refractivity contribution >= 4 is 63.0 Å². The molecule has 34 heavy (non-hydrogen) atoms. The number of anilines is 1. The number of benzene rings is 1. The third-order valence-corrected chi connectivity index (χ3v) is 7.09. The summed E-state index contributed by atoms with van der Waals surface area (Å²) in [4.78, 5) is 30.1. The van der Waals surface area contributed by atoms with Gasteiger partial charge in [0.25, 0.3) is 18.2 Å². The topological polar surface area (TPSA) is 89.2 Å². The van der Waals surface area contributed by atoms with Crippen LogP contribution in [-0.4, -0.2) is 38.1 Å². The lowest BCUT2D eigenvalue weighted by Gasteiger charge is -2.13. The van der Waals surface area contributed by atoms with Crippen molar-refractivity contribution in [3.05, 3.63) is 68.5 Å². The summed E-state index contributed by atoms with van der Waals surface area (Å²) >= 11 is 18.5. The Morgan fingerprint density at radius 2 is 1.85 bits per heavy atom. The molecule has 0 spiro atoms. The Hall–Kier alpha value is -2.40. The number of nitrogens with zero attached hydrogens (tertiary/aromatic N) is 4. The minimum absolute atomic E-state index is 0.0235. The van der Waals surface area contributed by atoms with Crippen molar-refractivity contribution in [1.82, 2.24) is 14.8 Å². The number of rotatable bonds is 7. The molecule has 0 bridgehead atoms. The average molecular weight is 549 g/mol. The van der Waals surface area contributed by atoms with E-state index in [1.54, 1.807) is 6.07 Å². The van der Waals surface area contributed by atoms with Crippen LogP contribution < -0.4 is 5.32 Å². The smallest absolute Gasteiger partial charge is 0.285 e. The van der Waals surface area contributed by atoms with Crippen LogP contribution in [0.3, 0.4) is 0 Å². The molecule has 13 heteroatoms. The Kier molecular flexibility index (Phi) is 8.75. The van der Waals surface area contributed by atoms with Crippen LogP contribution in [0.2, 0.25) is 15.1 Å². The Balaban J connectivity index is 2.08. The molecule has 0 saturated carbocycles. The van der Waals surface area contributed by atoms with Crippen LogP contribution in [0, 0.1) is 0 Å². The number of carbonyl (C=O) groups excluding carboxylic acids is 2. The van der Waals surface area contributed by atoms with Crippen LogP contribution in [-0.2, 0) is 10.7 Å². The van der Waals surface area contributed by atoms with Crippen molar-refractivity contribution in [2.45, 2.75) is 20.3 Å². The minimum atomic E-state index is -2.95. The van der Waals surface area contributed by atoms with Crippen molar-refractivity contribution in [2.24, 2.45) is 4.36 Å². The van der Waals surface area contributed by atoms with Gasteiger partial charge in [0.05, 0.1) is 21.3 Å². The van der Waals surface area contributed by atoms with E-state index in [0.29, 0.717) is 11.5 Å². The lowest BCUT2D eigenvalue weighted by molar-refractivity contribution is 0.101. The van der Waals surface area contributed by atoms with Crippen LogP contribution in [0.5, 0.6) is 0 Å². The Morgan fingerprint density at radius 3 is 2.47 bits per heavy atom. The molecule has 0 aliphatic carbocycles. The van der Waals surface area contributed by atoms with Crippen LogP contribution >= 0.6 is 34.8 Å². The summed E-state index contributed by atoms with van der Waals surface area (Å²) in [5.74, 6) is -0.174. The maximum absolute atomic E-state index is 13.4. The molecule has 1 aromatic carbocycles. The predicted molar refractivity (Wildman–Crippen MR) is 131 cm³/mol. The monoisotopic (exact) mass is 547 g/mol. The van der Waals surface area contributed by atoms with E-state index in [-0.39, 0.29) is 37.8 Å². The molecular weight excluding hydrogens is 531 g/mol. The highest BCUT2D eigenvalue weighted by Gasteiger charge is 2.25. The van der Waals surface area contributed by atoms with E-state index in [2.05, 4.69) is 19.8 Å². The molecule has 0 unspecified atom stereocenters. The molecule has 3 rings (SSSR count). The number of aromatic nitrogens is 3. The number of amides is 2. The molecule has 0 saturated heterocycles. The Bertz CT molecular complexity index is 1280. The van der Waals surface area contributed by atoms with Crippen molar-refractivity contribution in [3.63, 3.8) is 0 Å². The summed E-state index contributed by atoms with van der Waals surface area (Å²) < 4.78 is 31.9. The summed E-state index contributed by atoms with van der Waals surface area (Å²) in [6.07, 6.45) is -1.58. The first-order valence-electron chi connectivity index (χ1n) is 9.89. The summed E-state index contributed by atoms with van der Waals surface area (Å²) in [6.45, 7) is 3.81. The lowest BCUT2D eigenvalue weighted by Crippen LogP contribution is -2.19. The largest absolute Gasteiger partial charge is 0.319 e. The van der Waals surface area contributed by atoms with Crippen LogP contribution in [0.15, 0.2) is 40.9 Å². The fraction of sp³-hybridized carbons (Fsp3) is 0.238. The molecular formula is C21H18Cl3F2N5O2S. The number of carbonyl (C=O) groups is 2. The molecule has 2 aromatic heterocycles. The van der Waals surface area contributed by atoms with E-state index in [4.69, 9.17) is 34.8 Å². The molecule has 0 radical (unpaired) electrons.